The molecule has 0 atom stereocenters. The van der Waals surface area contributed by atoms with Crippen LogP contribution in [0.2, 0.25) is 0 Å². The van der Waals surface area contributed by atoms with Gasteiger partial charge in [0.1, 0.15) is 11.5 Å². The first-order valence-electron chi connectivity index (χ1n) is 8.83. The molecule has 1 amide bonds. The number of nitrogens with two attached hydrogens (primary N) is 1. The van der Waals surface area contributed by atoms with Gasteiger partial charge in [0.2, 0.25) is 10.0 Å². The zero-order chi connectivity index (χ0) is 20.9. The number of nitrogens with one attached hydrogen (secondary N) is 1. The SMILES string of the molecule is COc1ccc(S(N)(=O)=O)cc1NC(=O)COc1ccc(C2SCCCS2)cc1. The van der Waals surface area contributed by atoms with E-state index in [1.54, 1.807) is 0 Å². The van der Waals surface area contributed by atoms with Crippen molar-refractivity contribution in [1.29, 1.82) is 0 Å². The molecule has 1 aliphatic rings. The molecule has 7 nitrogen and oxygen atoms in total. The lowest BCUT2D eigenvalue weighted by molar-refractivity contribution is -0.118. The first-order chi connectivity index (χ1) is 13.9. The van der Waals surface area contributed by atoms with E-state index in [0.717, 1.165) is 0 Å². The van der Waals surface area contributed by atoms with Gasteiger partial charge in [0, 0.05) is 0 Å². The number of sulfonamides is 1. The fraction of sp³-hybridized carbons (Fsp3) is 0.316. The Balaban J connectivity index is 1.60. The number of anilines is 1. The third-order valence-electron chi connectivity index (χ3n) is 4.12. The van der Waals surface area contributed by atoms with Crippen LogP contribution >= 0.6 is 23.5 Å². The fourth-order valence-electron chi connectivity index (χ4n) is 2.70. The lowest BCUT2D eigenvalue weighted by Crippen LogP contribution is -2.21. The number of primary sulfonamides is 1. The number of ether oxygens (including phenoxy) is 2. The van der Waals surface area contributed by atoms with Gasteiger partial charge in [0.25, 0.3) is 5.91 Å². The van der Waals surface area contributed by atoms with Gasteiger partial charge >= 0.3 is 0 Å². The molecule has 29 heavy (non-hydrogen) atoms. The van der Waals surface area contributed by atoms with Crippen molar-refractivity contribution in [3.05, 3.63) is 48.0 Å². The van der Waals surface area contributed by atoms with E-state index in [9.17, 15) is 13.2 Å². The van der Waals surface area contributed by atoms with Crippen LogP contribution in [0.5, 0.6) is 11.5 Å². The van der Waals surface area contributed by atoms with Crippen molar-refractivity contribution in [1.82, 2.24) is 0 Å². The minimum absolute atomic E-state index is 0.122. The quantitative estimate of drug-likeness (QED) is 0.661. The molecule has 2 aromatic rings. The number of carbonyl (C=O) groups excluding carboxylic acids is 1. The zero-order valence-electron chi connectivity index (χ0n) is 15.8. The fourth-order valence-corrected chi connectivity index (χ4v) is 6.13. The molecule has 3 rings (SSSR count). The first-order valence-corrected chi connectivity index (χ1v) is 12.5. The maximum Gasteiger partial charge on any atom is 0.262 e. The summed E-state index contributed by atoms with van der Waals surface area (Å²) in [6.45, 7) is -0.227. The van der Waals surface area contributed by atoms with Crippen molar-refractivity contribution >= 4 is 45.1 Å². The van der Waals surface area contributed by atoms with Gasteiger partial charge in [-0.1, -0.05) is 12.1 Å². The van der Waals surface area contributed by atoms with Crippen molar-refractivity contribution in [2.45, 2.75) is 15.9 Å². The van der Waals surface area contributed by atoms with Gasteiger partial charge in [0.15, 0.2) is 6.61 Å². The molecule has 2 aromatic carbocycles. The van der Waals surface area contributed by atoms with Crippen LogP contribution in [0.3, 0.4) is 0 Å². The Bertz CT molecular complexity index is 958. The molecule has 0 saturated carbocycles. The highest BCUT2D eigenvalue weighted by Crippen LogP contribution is 2.43. The van der Waals surface area contributed by atoms with E-state index >= 15 is 0 Å². The van der Waals surface area contributed by atoms with Crippen molar-refractivity contribution in [2.24, 2.45) is 5.14 Å². The lowest BCUT2D eigenvalue weighted by Gasteiger charge is -2.21. The van der Waals surface area contributed by atoms with Crippen LogP contribution in [0.4, 0.5) is 5.69 Å². The second-order valence-electron chi connectivity index (χ2n) is 6.24. The van der Waals surface area contributed by atoms with Crippen LogP contribution in [-0.2, 0) is 14.8 Å². The summed E-state index contributed by atoms with van der Waals surface area (Å²) in [6.07, 6.45) is 1.24. The molecular weight excluding hydrogens is 432 g/mol. The summed E-state index contributed by atoms with van der Waals surface area (Å²) in [4.78, 5) is 12.1. The maximum absolute atomic E-state index is 12.3. The van der Waals surface area contributed by atoms with Gasteiger partial charge in [-0.2, -0.15) is 0 Å². The Kier molecular flexibility index (Phi) is 7.33. The Morgan fingerprint density at radius 2 is 1.86 bits per heavy atom. The number of carbonyl (C=O) groups is 1. The Morgan fingerprint density at radius 1 is 1.17 bits per heavy atom. The standard InChI is InChI=1S/C19H22N2O5S3/c1-25-17-8-7-15(29(20,23)24)11-16(17)21-18(22)12-26-14-5-3-13(4-6-14)19-27-9-2-10-28-19/h3-8,11,19H,2,9-10,12H2,1H3,(H,21,22)(H2,20,23,24). The number of amides is 1. The van der Waals surface area contributed by atoms with Crippen molar-refractivity contribution in [3.63, 3.8) is 0 Å². The molecule has 0 bridgehead atoms. The van der Waals surface area contributed by atoms with Gasteiger partial charge in [0.05, 0.1) is 22.3 Å². The summed E-state index contributed by atoms with van der Waals surface area (Å²) in [5.41, 5.74) is 1.44. The average molecular weight is 455 g/mol. The Morgan fingerprint density at radius 3 is 2.48 bits per heavy atom. The molecule has 3 N–H and O–H groups in total. The Hall–Kier alpha value is -1.88. The van der Waals surface area contributed by atoms with Gasteiger partial charge < -0.3 is 14.8 Å². The molecule has 10 heteroatoms. The van der Waals surface area contributed by atoms with Crippen molar-refractivity contribution in [2.75, 3.05) is 30.5 Å². The minimum Gasteiger partial charge on any atom is -0.495 e. The second-order valence-corrected chi connectivity index (χ2v) is 10.5. The maximum atomic E-state index is 12.3. The van der Waals surface area contributed by atoms with Gasteiger partial charge in [-0.25, -0.2) is 13.6 Å². The van der Waals surface area contributed by atoms with Gasteiger partial charge in [-0.3, -0.25) is 4.79 Å². The molecule has 1 saturated heterocycles. The third-order valence-corrected chi connectivity index (χ3v) is 8.05. The molecule has 1 fully saturated rings. The molecule has 0 spiro atoms. The van der Waals surface area contributed by atoms with E-state index in [2.05, 4.69) is 5.32 Å². The van der Waals surface area contributed by atoms with Crippen LogP contribution in [0.1, 0.15) is 16.6 Å². The number of hydrogen-bond donors (Lipinski definition) is 2. The molecular formula is C19H22N2O5S3. The molecule has 1 aliphatic heterocycles. The first kappa shape index (κ1) is 21.8. The Labute approximate surface area is 178 Å². The smallest absolute Gasteiger partial charge is 0.262 e. The van der Waals surface area contributed by atoms with E-state index < -0.39 is 15.9 Å². The van der Waals surface area contributed by atoms with E-state index in [4.69, 9.17) is 14.6 Å². The van der Waals surface area contributed by atoms with E-state index in [1.165, 1.54) is 48.8 Å². The molecule has 0 unspecified atom stereocenters. The largest absolute Gasteiger partial charge is 0.495 e. The summed E-state index contributed by atoms with van der Waals surface area (Å²) in [5, 5.41) is 7.73. The van der Waals surface area contributed by atoms with Crippen LogP contribution in [0.25, 0.3) is 0 Å². The highest BCUT2D eigenvalue weighted by molar-refractivity contribution is 8.16. The summed E-state index contributed by atoms with van der Waals surface area (Å²) < 4.78 is 34.2. The van der Waals surface area contributed by atoms with E-state index in [1.807, 2.05) is 47.8 Å². The summed E-state index contributed by atoms with van der Waals surface area (Å²) in [6, 6.07) is 11.7. The van der Waals surface area contributed by atoms with Crippen LogP contribution in [-0.4, -0.2) is 39.5 Å². The minimum atomic E-state index is -3.90. The molecule has 0 aliphatic carbocycles. The predicted octanol–water partition coefficient (Wildman–Crippen LogP) is 3.23. The van der Waals surface area contributed by atoms with Crippen LogP contribution in [0, 0.1) is 0 Å². The predicted molar refractivity (Wildman–Crippen MR) is 117 cm³/mol. The van der Waals surface area contributed by atoms with Crippen molar-refractivity contribution in [3.8, 4) is 11.5 Å². The van der Waals surface area contributed by atoms with Crippen molar-refractivity contribution < 1.29 is 22.7 Å². The monoisotopic (exact) mass is 454 g/mol. The highest BCUT2D eigenvalue weighted by atomic mass is 32.2. The summed E-state index contributed by atoms with van der Waals surface area (Å²) in [7, 11) is -2.48. The third kappa shape index (κ3) is 6.05. The second kappa shape index (κ2) is 9.75. The van der Waals surface area contributed by atoms with Gasteiger partial charge in [-0.15, -0.1) is 23.5 Å². The number of methoxy groups -OCH3 is 1. The zero-order valence-corrected chi connectivity index (χ0v) is 18.2. The summed E-state index contributed by atoms with van der Waals surface area (Å²) >= 11 is 3.88. The number of thioether (sulfide) groups is 2. The number of rotatable bonds is 7. The number of hydrogen-bond acceptors (Lipinski definition) is 7. The van der Waals surface area contributed by atoms with Gasteiger partial charge in [-0.05, 0) is 53.8 Å². The lowest BCUT2D eigenvalue weighted by atomic mass is 10.2. The molecule has 0 aromatic heterocycles. The molecule has 156 valence electrons. The van der Waals surface area contributed by atoms with Crippen LogP contribution < -0.4 is 19.9 Å². The topological polar surface area (TPSA) is 108 Å². The van der Waals surface area contributed by atoms with Crippen LogP contribution in [0.15, 0.2) is 47.4 Å². The number of benzene rings is 2. The molecule has 1 heterocycles. The molecule has 0 radical (unpaired) electrons. The van der Waals surface area contributed by atoms with E-state index in [-0.39, 0.29) is 17.2 Å². The normalized spacial score (nSPS) is 15.0. The highest BCUT2D eigenvalue weighted by Gasteiger charge is 2.17. The average Bonchev–Trinajstić information content (AvgIpc) is 2.72. The van der Waals surface area contributed by atoms with E-state index in [0.29, 0.717) is 16.1 Å². The summed E-state index contributed by atoms with van der Waals surface area (Å²) in [5.74, 6) is 2.80.